The first-order chi connectivity index (χ1) is 11.7. The SMILES string of the molecule is CC(C)CC(=O)N1CCC(NC(=O)c2ccc(C(F)(F)F)cc2)CC1. The molecule has 0 aliphatic carbocycles. The van der Waals surface area contributed by atoms with E-state index in [-0.39, 0.29) is 23.4 Å². The summed E-state index contributed by atoms with van der Waals surface area (Å²) in [4.78, 5) is 26.0. The van der Waals surface area contributed by atoms with Crippen LogP contribution in [-0.2, 0) is 11.0 Å². The van der Waals surface area contributed by atoms with Crippen molar-refractivity contribution in [3.63, 3.8) is 0 Å². The average molecular weight is 356 g/mol. The number of nitrogens with zero attached hydrogens (tertiary/aromatic N) is 1. The van der Waals surface area contributed by atoms with Gasteiger partial charge in [0.15, 0.2) is 0 Å². The lowest BCUT2D eigenvalue weighted by molar-refractivity contribution is -0.137. The van der Waals surface area contributed by atoms with Gasteiger partial charge in [-0.05, 0) is 43.0 Å². The van der Waals surface area contributed by atoms with Crippen LogP contribution in [0.4, 0.5) is 13.2 Å². The van der Waals surface area contributed by atoms with E-state index in [9.17, 15) is 22.8 Å². The van der Waals surface area contributed by atoms with E-state index in [4.69, 9.17) is 0 Å². The van der Waals surface area contributed by atoms with Crippen molar-refractivity contribution in [3.05, 3.63) is 35.4 Å². The Labute approximate surface area is 145 Å². The van der Waals surface area contributed by atoms with E-state index in [0.717, 1.165) is 12.1 Å². The zero-order valence-electron chi connectivity index (χ0n) is 14.4. The number of nitrogens with one attached hydrogen (secondary N) is 1. The lowest BCUT2D eigenvalue weighted by atomic mass is 10.0. The minimum Gasteiger partial charge on any atom is -0.349 e. The molecule has 138 valence electrons. The molecular formula is C18H23F3N2O2. The second kappa shape index (κ2) is 7.89. The van der Waals surface area contributed by atoms with Crippen LogP contribution < -0.4 is 5.32 Å². The van der Waals surface area contributed by atoms with E-state index < -0.39 is 11.7 Å². The third-order valence-electron chi connectivity index (χ3n) is 4.24. The van der Waals surface area contributed by atoms with Gasteiger partial charge < -0.3 is 10.2 Å². The van der Waals surface area contributed by atoms with Crippen molar-refractivity contribution in [3.8, 4) is 0 Å². The molecule has 4 nitrogen and oxygen atoms in total. The molecular weight excluding hydrogens is 333 g/mol. The van der Waals surface area contributed by atoms with Gasteiger partial charge >= 0.3 is 6.18 Å². The topological polar surface area (TPSA) is 49.4 Å². The minimum atomic E-state index is -4.41. The first-order valence-electron chi connectivity index (χ1n) is 8.42. The third-order valence-corrected chi connectivity index (χ3v) is 4.24. The second-order valence-electron chi connectivity index (χ2n) is 6.80. The second-order valence-corrected chi connectivity index (χ2v) is 6.80. The van der Waals surface area contributed by atoms with Gasteiger partial charge in [0.1, 0.15) is 0 Å². The molecule has 1 fully saturated rings. The van der Waals surface area contributed by atoms with Crippen molar-refractivity contribution in [1.82, 2.24) is 10.2 Å². The Bertz CT molecular complexity index is 604. The van der Waals surface area contributed by atoms with Crippen molar-refractivity contribution in [2.24, 2.45) is 5.92 Å². The molecule has 2 amide bonds. The number of halogens is 3. The fourth-order valence-electron chi connectivity index (χ4n) is 2.83. The molecule has 2 rings (SSSR count). The van der Waals surface area contributed by atoms with Crippen LogP contribution in [-0.4, -0.2) is 35.8 Å². The number of rotatable bonds is 4. The summed E-state index contributed by atoms with van der Waals surface area (Å²) in [6.07, 6.45) is -2.60. The summed E-state index contributed by atoms with van der Waals surface area (Å²) in [5.41, 5.74) is -0.577. The van der Waals surface area contributed by atoms with Gasteiger partial charge in [0.2, 0.25) is 5.91 Å². The van der Waals surface area contributed by atoms with Crippen molar-refractivity contribution in [2.75, 3.05) is 13.1 Å². The smallest absolute Gasteiger partial charge is 0.349 e. The number of likely N-dealkylation sites (tertiary alicyclic amines) is 1. The number of hydrogen-bond donors (Lipinski definition) is 1. The van der Waals surface area contributed by atoms with E-state index in [2.05, 4.69) is 5.32 Å². The Morgan fingerprint density at radius 2 is 1.72 bits per heavy atom. The molecule has 0 saturated carbocycles. The highest BCUT2D eigenvalue weighted by Gasteiger charge is 2.30. The number of hydrogen-bond acceptors (Lipinski definition) is 2. The largest absolute Gasteiger partial charge is 0.416 e. The maximum atomic E-state index is 12.5. The Kier molecular flexibility index (Phi) is 6.08. The normalized spacial score (nSPS) is 16.2. The maximum Gasteiger partial charge on any atom is 0.416 e. The molecule has 1 aliphatic heterocycles. The summed E-state index contributed by atoms with van der Waals surface area (Å²) < 4.78 is 37.6. The van der Waals surface area contributed by atoms with Crippen LogP contribution in [0.25, 0.3) is 0 Å². The zero-order valence-corrected chi connectivity index (χ0v) is 14.4. The van der Waals surface area contributed by atoms with Crippen LogP contribution >= 0.6 is 0 Å². The molecule has 7 heteroatoms. The molecule has 0 aromatic heterocycles. The predicted octanol–water partition coefficient (Wildman–Crippen LogP) is 3.47. The summed E-state index contributed by atoms with van der Waals surface area (Å²) in [5, 5.41) is 2.84. The molecule has 0 radical (unpaired) electrons. The van der Waals surface area contributed by atoms with E-state index in [1.54, 1.807) is 4.90 Å². The number of amides is 2. The molecule has 25 heavy (non-hydrogen) atoms. The van der Waals surface area contributed by atoms with Crippen LogP contribution in [0.15, 0.2) is 24.3 Å². The van der Waals surface area contributed by atoms with Crippen LogP contribution in [0.5, 0.6) is 0 Å². The van der Waals surface area contributed by atoms with Crippen LogP contribution in [0.1, 0.15) is 49.0 Å². The summed E-state index contributed by atoms with van der Waals surface area (Å²) in [5.74, 6) is 0.0489. The van der Waals surface area contributed by atoms with E-state index in [0.29, 0.717) is 38.3 Å². The van der Waals surface area contributed by atoms with Crippen molar-refractivity contribution in [1.29, 1.82) is 0 Å². The Hall–Kier alpha value is -2.05. The van der Waals surface area contributed by atoms with Gasteiger partial charge in [-0.25, -0.2) is 0 Å². The average Bonchev–Trinajstić information content (AvgIpc) is 2.54. The Morgan fingerprint density at radius 1 is 1.16 bits per heavy atom. The quantitative estimate of drug-likeness (QED) is 0.898. The molecule has 1 saturated heterocycles. The molecule has 1 aromatic rings. The number of piperidine rings is 1. The Balaban J connectivity index is 1.85. The number of alkyl halides is 3. The number of carbonyl (C=O) groups excluding carboxylic acids is 2. The van der Waals surface area contributed by atoms with Gasteiger partial charge in [-0.1, -0.05) is 13.8 Å². The zero-order chi connectivity index (χ0) is 18.6. The lowest BCUT2D eigenvalue weighted by Crippen LogP contribution is -2.46. The van der Waals surface area contributed by atoms with Crippen LogP contribution in [0, 0.1) is 5.92 Å². The molecule has 1 aromatic carbocycles. The fraction of sp³-hybridized carbons (Fsp3) is 0.556. The maximum absolute atomic E-state index is 12.5. The molecule has 0 unspecified atom stereocenters. The van der Waals surface area contributed by atoms with Crippen molar-refractivity contribution >= 4 is 11.8 Å². The van der Waals surface area contributed by atoms with E-state index in [1.807, 2.05) is 13.8 Å². The summed E-state index contributed by atoms with van der Waals surface area (Å²) >= 11 is 0. The van der Waals surface area contributed by atoms with Gasteiger partial charge in [-0.3, -0.25) is 9.59 Å². The molecule has 1 N–H and O–H groups in total. The molecule has 0 atom stereocenters. The fourth-order valence-corrected chi connectivity index (χ4v) is 2.83. The monoisotopic (exact) mass is 356 g/mol. The van der Waals surface area contributed by atoms with Gasteiger partial charge in [0, 0.05) is 31.1 Å². The number of carbonyl (C=O) groups is 2. The van der Waals surface area contributed by atoms with Gasteiger partial charge in [0.25, 0.3) is 5.91 Å². The van der Waals surface area contributed by atoms with Gasteiger partial charge in [0.05, 0.1) is 5.56 Å². The van der Waals surface area contributed by atoms with Gasteiger partial charge in [-0.2, -0.15) is 13.2 Å². The minimum absolute atomic E-state index is 0.0714. The molecule has 1 aliphatic rings. The highest BCUT2D eigenvalue weighted by Crippen LogP contribution is 2.29. The van der Waals surface area contributed by atoms with Gasteiger partial charge in [-0.15, -0.1) is 0 Å². The highest BCUT2D eigenvalue weighted by atomic mass is 19.4. The lowest BCUT2D eigenvalue weighted by Gasteiger charge is -2.32. The first kappa shape index (κ1) is 19.3. The number of benzene rings is 1. The third kappa shape index (κ3) is 5.47. The van der Waals surface area contributed by atoms with E-state index in [1.165, 1.54) is 12.1 Å². The molecule has 0 bridgehead atoms. The predicted molar refractivity (Wildman–Crippen MR) is 88.0 cm³/mol. The van der Waals surface area contributed by atoms with E-state index >= 15 is 0 Å². The highest BCUT2D eigenvalue weighted by molar-refractivity contribution is 5.94. The summed E-state index contributed by atoms with van der Waals surface area (Å²) in [6, 6.07) is 4.10. The summed E-state index contributed by atoms with van der Waals surface area (Å²) in [6.45, 7) is 5.16. The van der Waals surface area contributed by atoms with Crippen molar-refractivity contribution < 1.29 is 22.8 Å². The summed E-state index contributed by atoms with van der Waals surface area (Å²) in [7, 11) is 0. The first-order valence-corrected chi connectivity index (χ1v) is 8.42. The Morgan fingerprint density at radius 3 is 2.20 bits per heavy atom. The van der Waals surface area contributed by atoms with Crippen LogP contribution in [0.3, 0.4) is 0 Å². The standard InChI is InChI=1S/C18H23F3N2O2/c1-12(2)11-16(24)23-9-7-15(8-10-23)22-17(25)13-3-5-14(6-4-13)18(19,20)21/h3-6,12,15H,7-11H2,1-2H3,(H,22,25). The molecule has 0 spiro atoms. The van der Waals surface area contributed by atoms with Crippen LogP contribution in [0.2, 0.25) is 0 Å². The molecule has 1 heterocycles. The van der Waals surface area contributed by atoms with Crippen molar-refractivity contribution in [2.45, 2.75) is 45.3 Å².